The molecule has 1 atom stereocenters. The Kier molecular flexibility index (Phi) is 7.58. The summed E-state index contributed by atoms with van der Waals surface area (Å²) in [4.78, 5) is 12.1. The zero-order valence-corrected chi connectivity index (χ0v) is 15.9. The van der Waals surface area contributed by atoms with Gasteiger partial charge in [0.15, 0.2) is 4.77 Å². The Morgan fingerprint density at radius 1 is 1.46 bits per heavy atom. The number of ether oxygens (including phenoxy) is 1. The van der Waals surface area contributed by atoms with Gasteiger partial charge in [0, 0.05) is 13.0 Å². The molecule has 1 amide bonds. The van der Waals surface area contributed by atoms with E-state index in [0.29, 0.717) is 17.0 Å². The summed E-state index contributed by atoms with van der Waals surface area (Å²) in [7, 11) is 0. The lowest BCUT2D eigenvalue weighted by Crippen LogP contribution is -2.37. The fourth-order valence-electron chi connectivity index (χ4n) is 2.37. The number of halogens is 3. The number of hydrogen-bond donors (Lipinski definition) is 3. The number of benzene rings is 1. The van der Waals surface area contributed by atoms with E-state index >= 15 is 0 Å². The van der Waals surface area contributed by atoms with Crippen molar-refractivity contribution in [1.82, 2.24) is 20.1 Å². The van der Waals surface area contributed by atoms with E-state index in [1.165, 1.54) is 12.1 Å². The molecule has 1 aromatic carbocycles. The second-order valence-electron chi connectivity index (χ2n) is 6.08. The lowest BCUT2D eigenvalue weighted by Gasteiger charge is -2.15. The van der Waals surface area contributed by atoms with Crippen LogP contribution in [0.2, 0.25) is 0 Å². The smallest absolute Gasteiger partial charge is 0.416 e. The third-order valence-electron chi connectivity index (χ3n) is 3.75. The lowest BCUT2D eigenvalue weighted by atomic mass is 10.2. The molecule has 154 valence electrons. The molecule has 1 unspecified atom stereocenters. The zero-order valence-electron chi connectivity index (χ0n) is 15.1. The first-order chi connectivity index (χ1) is 13.2. The summed E-state index contributed by atoms with van der Waals surface area (Å²) in [5.41, 5.74) is -0.840. The molecule has 2 aromatic rings. The summed E-state index contributed by atoms with van der Waals surface area (Å²) in [5.74, 6) is 0.262. The van der Waals surface area contributed by atoms with Gasteiger partial charge in [-0.3, -0.25) is 14.5 Å². The number of hydrogen-bond acceptors (Lipinski definition) is 5. The number of aliphatic hydroxyl groups excluding tert-OH is 1. The van der Waals surface area contributed by atoms with E-state index in [-0.39, 0.29) is 31.4 Å². The molecule has 0 bridgehead atoms. The molecule has 1 aromatic heterocycles. The van der Waals surface area contributed by atoms with E-state index in [1.54, 1.807) is 4.57 Å². The van der Waals surface area contributed by atoms with Crippen LogP contribution in [0, 0.1) is 4.77 Å². The summed E-state index contributed by atoms with van der Waals surface area (Å²) in [6.45, 7) is 1.54. The normalized spacial score (nSPS) is 12.6. The van der Waals surface area contributed by atoms with E-state index < -0.39 is 17.8 Å². The molecule has 0 aliphatic heterocycles. The minimum Gasteiger partial charge on any atom is -0.491 e. The number of nitrogens with zero attached hydrogens (tertiary/aromatic N) is 2. The van der Waals surface area contributed by atoms with Crippen molar-refractivity contribution in [3.8, 4) is 5.75 Å². The van der Waals surface area contributed by atoms with E-state index in [9.17, 15) is 23.1 Å². The third-order valence-corrected chi connectivity index (χ3v) is 4.06. The van der Waals surface area contributed by atoms with Gasteiger partial charge in [0.25, 0.3) is 0 Å². The Balaban J connectivity index is 1.81. The van der Waals surface area contributed by atoms with Crippen LogP contribution in [0.15, 0.2) is 24.3 Å². The molecule has 2 rings (SSSR count). The maximum atomic E-state index is 12.7. The average Bonchev–Trinajstić information content (AvgIpc) is 2.98. The number of aromatic amines is 1. The van der Waals surface area contributed by atoms with Gasteiger partial charge in [-0.2, -0.15) is 18.3 Å². The van der Waals surface area contributed by atoms with E-state index in [2.05, 4.69) is 15.5 Å². The first-order valence-corrected chi connectivity index (χ1v) is 9.00. The number of aromatic nitrogens is 3. The molecule has 0 spiro atoms. The number of amides is 1. The Morgan fingerprint density at radius 2 is 2.21 bits per heavy atom. The number of aliphatic hydroxyl groups is 1. The molecule has 0 aliphatic rings. The number of nitrogens with one attached hydrogen (secondary N) is 2. The highest BCUT2D eigenvalue weighted by atomic mass is 32.1. The molecule has 0 fully saturated rings. The third kappa shape index (κ3) is 6.34. The lowest BCUT2D eigenvalue weighted by molar-refractivity contribution is -0.137. The SMILES string of the molecule is CCCc1n[nH]c(=S)n1CC(=O)NCC(O)COc1cccc(C(F)(F)F)c1. The molecule has 0 saturated heterocycles. The first kappa shape index (κ1) is 21.9. The minimum absolute atomic E-state index is 0.0193. The van der Waals surface area contributed by atoms with Crippen molar-refractivity contribution in [2.75, 3.05) is 13.2 Å². The summed E-state index contributed by atoms with van der Waals surface area (Å²) in [6.07, 6.45) is -4.07. The summed E-state index contributed by atoms with van der Waals surface area (Å²) < 4.78 is 45.1. The number of rotatable bonds is 9. The Labute approximate surface area is 164 Å². The molecule has 1 heterocycles. The van der Waals surface area contributed by atoms with Gasteiger partial charge in [-0.05, 0) is 36.8 Å². The van der Waals surface area contributed by atoms with Crippen LogP contribution in [0.25, 0.3) is 0 Å². The Hall–Kier alpha value is -2.40. The molecule has 7 nitrogen and oxygen atoms in total. The van der Waals surface area contributed by atoms with Crippen LogP contribution in [0.1, 0.15) is 24.7 Å². The van der Waals surface area contributed by atoms with Crippen molar-refractivity contribution in [3.63, 3.8) is 0 Å². The first-order valence-electron chi connectivity index (χ1n) is 8.59. The summed E-state index contributed by atoms with van der Waals surface area (Å²) in [5, 5.41) is 19.1. The summed E-state index contributed by atoms with van der Waals surface area (Å²) >= 11 is 5.09. The van der Waals surface area contributed by atoms with Crippen molar-refractivity contribution in [1.29, 1.82) is 0 Å². The van der Waals surface area contributed by atoms with Crippen LogP contribution in [0.4, 0.5) is 13.2 Å². The zero-order chi connectivity index (χ0) is 20.7. The van der Waals surface area contributed by atoms with Crippen molar-refractivity contribution >= 4 is 18.1 Å². The molecule has 11 heteroatoms. The molecule has 3 N–H and O–H groups in total. The average molecular weight is 418 g/mol. The second kappa shape index (κ2) is 9.69. The molecule has 0 radical (unpaired) electrons. The highest BCUT2D eigenvalue weighted by Crippen LogP contribution is 2.31. The van der Waals surface area contributed by atoms with Crippen molar-refractivity contribution < 1.29 is 27.8 Å². The largest absolute Gasteiger partial charge is 0.491 e. The highest BCUT2D eigenvalue weighted by Gasteiger charge is 2.30. The molecule has 0 saturated carbocycles. The van der Waals surface area contributed by atoms with Crippen molar-refractivity contribution in [3.05, 3.63) is 40.4 Å². The molecular weight excluding hydrogens is 397 g/mol. The Bertz CT molecular complexity index is 851. The maximum absolute atomic E-state index is 12.7. The van der Waals surface area contributed by atoms with Crippen LogP contribution >= 0.6 is 12.2 Å². The predicted molar refractivity (Wildman–Crippen MR) is 97.4 cm³/mol. The van der Waals surface area contributed by atoms with Crippen LogP contribution in [-0.2, 0) is 23.9 Å². The van der Waals surface area contributed by atoms with Gasteiger partial charge in [0.1, 0.15) is 30.8 Å². The standard InChI is InChI=1S/C17H21F3N4O3S/c1-2-4-14-22-23-16(28)24(14)9-15(26)21-8-12(25)10-27-13-6-3-5-11(7-13)17(18,19)20/h3,5-7,12,25H,2,4,8-10H2,1H3,(H,21,26)(H,23,28). The van der Waals surface area contributed by atoms with E-state index in [4.69, 9.17) is 17.0 Å². The number of carbonyl (C=O) groups excluding carboxylic acids is 1. The summed E-state index contributed by atoms with van der Waals surface area (Å²) in [6, 6.07) is 4.35. The maximum Gasteiger partial charge on any atom is 0.416 e. The molecule has 28 heavy (non-hydrogen) atoms. The fraction of sp³-hybridized carbons (Fsp3) is 0.471. The van der Waals surface area contributed by atoms with Crippen LogP contribution in [-0.4, -0.2) is 45.0 Å². The van der Waals surface area contributed by atoms with Gasteiger partial charge < -0.3 is 15.2 Å². The second-order valence-corrected chi connectivity index (χ2v) is 6.46. The quantitative estimate of drug-likeness (QED) is 0.544. The van der Waals surface area contributed by atoms with Crippen LogP contribution in [0.3, 0.4) is 0 Å². The van der Waals surface area contributed by atoms with Crippen molar-refractivity contribution in [2.24, 2.45) is 0 Å². The fourth-order valence-corrected chi connectivity index (χ4v) is 2.59. The number of H-pyrrole nitrogens is 1. The monoisotopic (exact) mass is 418 g/mol. The van der Waals surface area contributed by atoms with Crippen LogP contribution in [0.5, 0.6) is 5.75 Å². The van der Waals surface area contributed by atoms with Gasteiger partial charge in [0.2, 0.25) is 5.91 Å². The predicted octanol–water partition coefficient (Wildman–Crippen LogP) is 2.47. The topological polar surface area (TPSA) is 92.2 Å². The number of carbonyl (C=O) groups is 1. The van der Waals surface area contributed by atoms with Gasteiger partial charge in [-0.1, -0.05) is 13.0 Å². The number of aryl methyl sites for hydroxylation is 1. The van der Waals surface area contributed by atoms with Gasteiger partial charge >= 0.3 is 6.18 Å². The van der Waals surface area contributed by atoms with Gasteiger partial charge in [-0.15, -0.1) is 0 Å². The van der Waals surface area contributed by atoms with Crippen molar-refractivity contribution in [2.45, 2.75) is 38.6 Å². The number of alkyl halides is 3. The van der Waals surface area contributed by atoms with Gasteiger partial charge in [-0.25, -0.2) is 0 Å². The van der Waals surface area contributed by atoms with E-state index in [1.807, 2.05) is 6.92 Å². The molecule has 0 aliphatic carbocycles. The minimum atomic E-state index is -4.48. The van der Waals surface area contributed by atoms with Gasteiger partial charge in [0.05, 0.1) is 5.56 Å². The Morgan fingerprint density at radius 3 is 2.89 bits per heavy atom. The molecular formula is C17H21F3N4O3S. The highest BCUT2D eigenvalue weighted by molar-refractivity contribution is 7.71. The van der Waals surface area contributed by atoms with E-state index in [0.717, 1.165) is 18.6 Å². The van der Waals surface area contributed by atoms with Crippen LogP contribution < -0.4 is 10.1 Å².